The van der Waals surface area contributed by atoms with Gasteiger partial charge in [-0.05, 0) is 56.1 Å². The minimum Gasteiger partial charge on any atom is -0.352 e. The van der Waals surface area contributed by atoms with Crippen molar-refractivity contribution in [3.05, 3.63) is 65.5 Å². The Hall–Kier alpha value is -2.66. The molecule has 1 aliphatic rings. The van der Waals surface area contributed by atoms with Crippen molar-refractivity contribution in [3.63, 3.8) is 0 Å². The van der Waals surface area contributed by atoms with E-state index in [4.69, 9.17) is 0 Å². The van der Waals surface area contributed by atoms with Gasteiger partial charge in [-0.2, -0.15) is 0 Å². The first kappa shape index (κ1) is 18.7. The molecule has 4 rings (SSSR count). The van der Waals surface area contributed by atoms with E-state index < -0.39 is 0 Å². The van der Waals surface area contributed by atoms with E-state index in [0.29, 0.717) is 19.5 Å². The van der Waals surface area contributed by atoms with E-state index in [1.165, 1.54) is 37.1 Å². The molecule has 2 aromatic carbocycles. The van der Waals surface area contributed by atoms with Gasteiger partial charge in [-0.25, -0.2) is 4.98 Å². The van der Waals surface area contributed by atoms with Crippen molar-refractivity contribution in [2.75, 3.05) is 13.1 Å². The molecule has 5 nitrogen and oxygen atoms in total. The Balaban J connectivity index is 1.34. The number of likely N-dealkylation sites (tertiary alicyclic amines) is 1. The predicted molar refractivity (Wildman–Crippen MR) is 112 cm³/mol. The molecule has 1 N–H and O–H groups in total. The van der Waals surface area contributed by atoms with Crippen molar-refractivity contribution in [2.24, 2.45) is 0 Å². The van der Waals surface area contributed by atoms with Crippen molar-refractivity contribution in [1.29, 1.82) is 0 Å². The molecule has 0 spiro atoms. The van der Waals surface area contributed by atoms with Crippen LogP contribution in [-0.4, -0.2) is 33.4 Å². The van der Waals surface area contributed by atoms with Crippen LogP contribution in [-0.2, 0) is 24.4 Å². The van der Waals surface area contributed by atoms with Crippen molar-refractivity contribution >= 4 is 16.9 Å². The molecule has 0 radical (unpaired) electrons. The van der Waals surface area contributed by atoms with Crippen molar-refractivity contribution in [2.45, 2.75) is 45.8 Å². The molecule has 0 unspecified atom stereocenters. The number of carbonyl (C=O) groups excluding carboxylic acids is 1. The van der Waals surface area contributed by atoms with Crippen molar-refractivity contribution in [3.8, 4) is 0 Å². The van der Waals surface area contributed by atoms with Crippen LogP contribution >= 0.6 is 0 Å². The van der Waals surface area contributed by atoms with Gasteiger partial charge in [0.25, 0.3) is 0 Å². The summed E-state index contributed by atoms with van der Waals surface area (Å²) in [6, 6.07) is 16.5. The number of rotatable bonds is 7. The third-order valence-corrected chi connectivity index (χ3v) is 5.59. The fourth-order valence-corrected chi connectivity index (χ4v) is 4.04. The molecule has 3 aromatic rings. The van der Waals surface area contributed by atoms with E-state index in [1.54, 1.807) is 0 Å². The number of carbonyl (C=O) groups is 1. The molecule has 1 fully saturated rings. The normalized spacial score (nSPS) is 14.6. The summed E-state index contributed by atoms with van der Waals surface area (Å²) in [7, 11) is 0. The topological polar surface area (TPSA) is 50.2 Å². The van der Waals surface area contributed by atoms with Gasteiger partial charge in [-0.1, -0.05) is 36.4 Å². The van der Waals surface area contributed by atoms with Crippen LogP contribution in [0.4, 0.5) is 0 Å². The van der Waals surface area contributed by atoms with Crippen LogP contribution < -0.4 is 5.32 Å². The van der Waals surface area contributed by atoms with Gasteiger partial charge < -0.3 is 9.88 Å². The molecular weight excluding hydrogens is 348 g/mol. The number of amides is 1. The van der Waals surface area contributed by atoms with Crippen LogP contribution in [0.5, 0.6) is 0 Å². The summed E-state index contributed by atoms with van der Waals surface area (Å²) in [5, 5.41) is 3.10. The second-order valence-electron chi connectivity index (χ2n) is 7.58. The highest BCUT2D eigenvalue weighted by Crippen LogP contribution is 2.17. The molecule has 0 aliphatic carbocycles. The molecule has 0 bridgehead atoms. The Morgan fingerprint density at radius 2 is 1.75 bits per heavy atom. The third-order valence-electron chi connectivity index (χ3n) is 5.59. The third kappa shape index (κ3) is 4.25. The molecule has 5 heteroatoms. The molecular formula is C23H28N4O. The first-order chi connectivity index (χ1) is 13.7. The van der Waals surface area contributed by atoms with E-state index in [1.807, 2.05) is 25.1 Å². The summed E-state index contributed by atoms with van der Waals surface area (Å²) in [4.78, 5) is 19.5. The molecule has 1 aliphatic heterocycles. The van der Waals surface area contributed by atoms with Crippen molar-refractivity contribution in [1.82, 2.24) is 19.8 Å². The fraction of sp³-hybridized carbons (Fsp3) is 0.391. The summed E-state index contributed by atoms with van der Waals surface area (Å²) in [6.07, 6.45) is 3.04. The fourth-order valence-electron chi connectivity index (χ4n) is 4.04. The smallest absolute Gasteiger partial charge is 0.222 e. The Kier molecular flexibility index (Phi) is 5.72. The van der Waals surface area contributed by atoms with E-state index in [9.17, 15) is 4.79 Å². The first-order valence-corrected chi connectivity index (χ1v) is 10.2. The van der Waals surface area contributed by atoms with Gasteiger partial charge in [-0.15, -0.1) is 0 Å². The lowest BCUT2D eigenvalue weighted by Crippen LogP contribution is -2.25. The number of para-hydroxylation sites is 2. The second-order valence-corrected chi connectivity index (χ2v) is 7.58. The molecule has 1 aromatic heterocycles. The number of nitrogens with one attached hydrogen (secondary N) is 1. The summed E-state index contributed by atoms with van der Waals surface area (Å²) in [5.41, 5.74) is 4.60. The minimum atomic E-state index is 0.0770. The summed E-state index contributed by atoms with van der Waals surface area (Å²) in [5.74, 6) is 1.03. The number of hydrogen-bond donors (Lipinski definition) is 1. The number of nitrogens with zero attached hydrogens (tertiary/aromatic N) is 3. The number of aryl methyl sites for hydroxylation is 2. The Labute approximate surface area is 166 Å². The molecule has 1 saturated heterocycles. The van der Waals surface area contributed by atoms with Crippen LogP contribution in [0.1, 0.15) is 36.2 Å². The molecule has 28 heavy (non-hydrogen) atoms. The highest BCUT2D eigenvalue weighted by Gasteiger charge is 2.14. The zero-order chi connectivity index (χ0) is 19.3. The van der Waals surface area contributed by atoms with Gasteiger partial charge >= 0.3 is 0 Å². The van der Waals surface area contributed by atoms with E-state index >= 15 is 0 Å². The number of benzene rings is 2. The Morgan fingerprint density at radius 3 is 2.57 bits per heavy atom. The maximum Gasteiger partial charge on any atom is 0.222 e. The predicted octanol–water partition coefficient (Wildman–Crippen LogP) is 3.65. The number of imidazole rings is 1. The lowest BCUT2D eigenvalue weighted by molar-refractivity contribution is -0.121. The second kappa shape index (κ2) is 8.57. The summed E-state index contributed by atoms with van der Waals surface area (Å²) >= 11 is 0. The molecule has 1 amide bonds. The zero-order valence-corrected chi connectivity index (χ0v) is 16.5. The number of fused-ring (bicyclic) bond motifs is 1. The first-order valence-electron chi connectivity index (χ1n) is 10.2. The number of hydrogen-bond acceptors (Lipinski definition) is 3. The highest BCUT2D eigenvalue weighted by atomic mass is 16.1. The van der Waals surface area contributed by atoms with Crippen molar-refractivity contribution < 1.29 is 4.79 Å². The van der Waals surface area contributed by atoms with E-state index in [2.05, 4.69) is 50.1 Å². The Morgan fingerprint density at radius 1 is 1.04 bits per heavy atom. The molecule has 2 heterocycles. The average molecular weight is 377 g/mol. The van der Waals surface area contributed by atoms with Gasteiger partial charge in [0.2, 0.25) is 5.91 Å². The van der Waals surface area contributed by atoms with Gasteiger partial charge in [0.1, 0.15) is 5.82 Å². The SMILES string of the molecule is Cc1nc2ccccc2n1CCC(=O)NCc1ccccc1CN1CCCC1. The van der Waals surface area contributed by atoms with Crippen LogP contribution in [0.25, 0.3) is 11.0 Å². The summed E-state index contributed by atoms with van der Waals surface area (Å²) < 4.78 is 2.12. The van der Waals surface area contributed by atoms with Crippen LogP contribution in [0.15, 0.2) is 48.5 Å². The molecule has 0 atom stereocenters. The largest absolute Gasteiger partial charge is 0.352 e. The van der Waals surface area contributed by atoms with E-state index in [0.717, 1.165) is 23.4 Å². The number of aromatic nitrogens is 2. The average Bonchev–Trinajstić information content (AvgIpc) is 3.32. The monoisotopic (exact) mass is 376 g/mol. The Bertz CT molecular complexity index is 956. The van der Waals surface area contributed by atoms with Gasteiger partial charge in [0, 0.05) is 26.1 Å². The zero-order valence-electron chi connectivity index (χ0n) is 16.5. The standard InChI is InChI=1S/C23H28N4O/c1-18-25-21-10-4-5-11-22(21)27(18)15-12-23(28)24-16-19-8-2-3-9-20(19)17-26-13-6-7-14-26/h2-5,8-11H,6-7,12-17H2,1H3,(H,24,28). The van der Waals surface area contributed by atoms with Crippen LogP contribution in [0.2, 0.25) is 0 Å². The van der Waals surface area contributed by atoms with Gasteiger partial charge in [0.15, 0.2) is 0 Å². The lowest BCUT2D eigenvalue weighted by Gasteiger charge is -2.17. The molecule has 146 valence electrons. The minimum absolute atomic E-state index is 0.0770. The van der Waals surface area contributed by atoms with Crippen LogP contribution in [0, 0.1) is 6.92 Å². The maximum absolute atomic E-state index is 12.5. The van der Waals surface area contributed by atoms with Gasteiger partial charge in [-0.3, -0.25) is 9.69 Å². The maximum atomic E-state index is 12.5. The molecule has 0 saturated carbocycles. The lowest BCUT2D eigenvalue weighted by atomic mass is 10.1. The van der Waals surface area contributed by atoms with Gasteiger partial charge in [0.05, 0.1) is 11.0 Å². The highest BCUT2D eigenvalue weighted by molar-refractivity contribution is 5.78. The van der Waals surface area contributed by atoms with E-state index in [-0.39, 0.29) is 5.91 Å². The summed E-state index contributed by atoms with van der Waals surface area (Å²) in [6.45, 7) is 6.57. The quantitative estimate of drug-likeness (QED) is 0.685. The van der Waals surface area contributed by atoms with Crippen LogP contribution in [0.3, 0.4) is 0 Å².